The maximum Gasteiger partial charge on any atom is 0.281 e. The number of hydrogen-bond acceptors (Lipinski definition) is 7. The van der Waals surface area contributed by atoms with Gasteiger partial charge in [0.05, 0.1) is 16.3 Å². The van der Waals surface area contributed by atoms with Crippen molar-refractivity contribution < 1.29 is 17.6 Å². The van der Waals surface area contributed by atoms with Crippen molar-refractivity contribution in [2.75, 3.05) is 16.8 Å². The Morgan fingerprint density at radius 2 is 1.97 bits per heavy atom. The molecule has 0 bridgehead atoms. The fourth-order valence-corrected chi connectivity index (χ4v) is 5.09. The van der Waals surface area contributed by atoms with E-state index in [1.807, 2.05) is 4.90 Å². The topological polar surface area (TPSA) is 104 Å². The van der Waals surface area contributed by atoms with Gasteiger partial charge < -0.3 is 10.2 Å². The van der Waals surface area contributed by atoms with E-state index in [0.717, 1.165) is 12.5 Å². The molecule has 4 rings (SSSR count). The van der Waals surface area contributed by atoms with Crippen LogP contribution in [0, 0.1) is 11.7 Å². The molecule has 8 nitrogen and oxygen atoms in total. The minimum atomic E-state index is -4.32. The van der Waals surface area contributed by atoms with E-state index in [-0.39, 0.29) is 32.7 Å². The molecule has 3 aromatic rings. The minimum absolute atomic E-state index is 0.114. The Morgan fingerprint density at radius 1 is 1.20 bits per heavy atom. The largest absolute Gasteiger partial charge is 0.351 e. The lowest BCUT2D eigenvalue weighted by atomic mass is 9.90. The number of sulfonamides is 1. The standard InChI is InChI=1S/C24H25ClFN5O3S/c1-15-11-13-31(24(15,2)3)22-17(6-5-12-27-22)23(32)30-35(33,34)21-8-4-7-20(29-21)28-19-14-16(26)9-10-18(19)25/h4-10,12,14-15H,11,13H2,1-3H3,(H,28,29)(H,30,32). The number of anilines is 3. The van der Waals surface area contributed by atoms with E-state index in [2.05, 4.69) is 40.8 Å². The zero-order chi connectivity index (χ0) is 25.4. The van der Waals surface area contributed by atoms with Gasteiger partial charge in [0.2, 0.25) is 0 Å². The molecule has 184 valence electrons. The van der Waals surface area contributed by atoms with E-state index in [0.29, 0.717) is 18.3 Å². The van der Waals surface area contributed by atoms with Crippen molar-refractivity contribution in [1.29, 1.82) is 0 Å². The maximum atomic E-state index is 13.6. The Balaban J connectivity index is 1.59. The van der Waals surface area contributed by atoms with Crippen LogP contribution >= 0.6 is 11.6 Å². The van der Waals surface area contributed by atoms with Crippen molar-refractivity contribution in [2.45, 2.75) is 37.8 Å². The second kappa shape index (κ2) is 9.43. The Labute approximate surface area is 208 Å². The summed E-state index contributed by atoms with van der Waals surface area (Å²) in [5.74, 6) is -0.413. The lowest BCUT2D eigenvalue weighted by Gasteiger charge is -2.36. The molecule has 35 heavy (non-hydrogen) atoms. The first kappa shape index (κ1) is 24.9. The van der Waals surface area contributed by atoms with Crippen molar-refractivity contribution >= 4 is 44.9 Å². The van der Waals surface area contributed by atoms with Crippen molar-refractivity contribution in [1.82, 2.24) is 14.7 Å². The number of aromatic nitrogens is 2. The van der Waals surface area contributed by atoms with Crippen molar-refractivity contribution in [3.05, 3.63) is 71.1 Å². The van der Waals surface area contributed by atoms with E-state index >= 15 is 0 Å². The highest BCUT2D eigenvalue weighted by atomic mass is 35.5. The molecule has 1 fully saturated rings. The smallest absolute Gasteiger partial charge is 0.281 e. The van der Waals surface area contributed by atoms with Gasteiger partial charge in [-0.25, -0.2) is 19.1 Å². The van der Waals surface area contributed by atoms with Crippen molar-refractivity contribution in [2.24, 2.45) is 5.92 Å². The number of amides is 1. The highest BCUT2D eigenvalue weighted by molar-refractivity contribution is 7.90. The number of pyridine rings is 2. The number of carbonyl (C=O) groups excluding carboxylic acids is 1. The molecule has 11 heteroatoms. The molecule has 1 aliphatic heterocycles. The van der Waals surface area contributed by atoms with Crippen LogP contribution in [0.25, 0.3) is 0 Å². The quantitative estimate of drug-likeness (QED) is 0.486. The summed E-state index contributed by atoms with van der Waals surface area (Å²) >= 11 is 6.07. The predicted octanol–water partition coefficient (Wildman–Crippen LogP) is 4.76. The first-order chi connectivity index (χ1) is 16.5. The molecule has 0 spiro atoms. The van der Waals surface area contributed by atoms with Crippen molar-refractivity contribution in [3.8, 4) is 0 Å². The zero-order valence-electron chi connectivity index (χ0n) is 19.4. The van der Waals surface area contributed by atoms with Gasteiger partial charge in [-0.05, 0) is 68.7 Å². The number of rotatable bonds is 6. The summed E-state index contributed by atoms with van der Waals surface area (Å²) in [7, 11) is -4.32. The summed E-state index contributed by atoms with van der Waals surface area (Å²) in [6, 6.07) is 11.1. The van der Waals surface area contributed by atoms with Crippen LogP contribution in [0.15, 0.2) is 59.8 Å². The summed E-state index contributed by atoms with van der Waals surface area (Å²) in [6.45, 7) is 6.99. The molecule has 1 atom stereocenters. The second-order valence-corrected chi connectivity index (χ2v) is 11.0. The van der Waals surface area contributed by atoms with E-state index in [4.69, 9.17) is 11.6 Å². The third kappa shape index (κ3) is 5.08. The lowest BCUT2D eigenvalue weighted by Crippen LogP contribution is -2.43. The van der Waals surface area contributed by atoms with E-state index in [1.54, 1.807) is 18.3 Å². The van der Waals surface area contributed by atoms with Gasteiger partial charge in [0.1, 0.15) is 17.5 Å². The van der Waals surface area contributed by atoms with Crippen LogP contribution in [0.1, 0.15) is 37.6 Å². The van der Waals surface area contributed by atoms with Gasteiger partial charge >= 0.3 is 0 Å². The number of carbonyl (C=O) groups is 1. The Morgan fingerprint density at radius 3 is 2.69 bits per heavy atom. The molecular formula is C24H25ClFN5O3S. The number of nitrogens with zero attached hydrogens (tertiary/aromatic N) is 3. The predicted molar refractivity (Wildman–Crippen MR) is 133 cm³/mol. The number of hydrogen-bond donors (Lipinski definition) is 2. The molecule has 1 unspecified atom stereocenters. The van der Waals surface area contributed by atoms with Gasteiger partial charge in [-0.2, -0.15) is 8.42 Å². The highest BCUT2D eigenvalue weighted by Crippen LogP contribution is 2.38. The first-order valence-electron chi connectivity index (χ1n) is 11.0. The summed E-state index contributed by atoms with van der Waals surface area (Å²) in [5, 5.41) is 2.64. The lowest BCUT2D eigenvalue weighted by molar-refractivity contribution is 0.0981. The molecule has 0 saturated carbocycles. The Kier molecular flexibility index (Phi) is 6.70. The number of nitrogens with one attached hydrogen (secondary N) is 2. The van der Waals surface area contributed by atoms with Gasteiger partial charge in [-0.15, -0.1) is 0 Å². The van der Waals surface area contributed by atoms with Gasteiger partial charge in [0.15, 0.2) is 5.03 Å². The summed E-state index contributed by atoms with van der Waals surface area (Å²) in [4.78, 5) is 23.6. The fourth-order valence-electron chi connectivity index (χ4n) is 3.99. The second-order valence-electron chi connectivity index (χ2n) is 8.91. The molecule has 2 N–H and O–H groups in total. The Hall–Kier alpha value is -3.24. The zero-order valence-corrected chi connectivity index (χ0v) is 21.0. The molecule has 0 radical (unpaired) electrons. The number of halogens is 2. The van der Waals surface area contributed by atoms with E-state index in [1.165, 1.54) is 30.3 Å². The van der Waals surface area contributed by atoms with E-state index < -0.39 is 21.7 Å². The minimum Gasteiger partial charge on any atom is -0.351 e. The van der Waals surface area contributed by atoms with Crippen LogP contribution in [0.4, 0.5) is 21.7 Å². The average Bonchev–Trinajstić information content (AvgIpc) is 3.08. The van der Waals surface area contributed by atoms with Crippen LogP contribution < -0.4 is 14.9 Å². The maximum absolute atomic E-state index is 13.6. The Bertz CT molecular complexity index is 1380. The monoisotopic (exact) mass is 517 g/mol. The molecule has 1 amide bonds. The van der Waals surface area contributed by atoms with Crippen molar-refractivity contribution in [3.63, 3.8) is 0 Å². The molecule has 0 aliphatic carbocycles. The average molecular weight is 518 g/mol. The molecule has 1 aromatic carbocycles. The van der Waals surface area contributed by atoms with E-state index in [9.17, 15) is 17.6 Å². The normalized spacial score (nSPS) is 17.3. The number of benzene rings is 1. The molecule has 1 saturated heterocycles. The summed E-state index contributed by atoms with van der Waals surface area (Å²) in [6.07, 6.45) is 2.51. The fraction of sp³-hybridized carbons (Fsp3) is 0.292. The van der Waals surface area contributed by atoms with Crippen LogP contribution in [0.3, 0.4) is 0 Å². The van der Waals surface area contributed by atoms with Crippen LogP contribution in [0.2, 0.25) is 5.02 Å². The third-order valence-corrected chi connectivity index (χ3v) is 7.95. The highest BCUT2D eigenvalue weighted by Gasteiger charge is 2.40. The summed E-state index contributed by atoms with van der Waals surface area (Å²) < 4.78 is 41.7. The van der Waals surface area contributed by atoms with Crippen LogP contribution in [0.5, 0.6) is 0 Å². The molecular weight excluding hydrogens is 493 g/mol. The molecule has 3 heterocycles. The van der Waals surface area contributed by atoms with Crippen LogP contribution in [-0.4, -0.2) is 36.4 Å². The first-order valence-corrected chi connectivity index (χ1v) is 12.8. The van der Waals surface area contributed by atoms with Gasteiger partial charge in [-0.3, -0.25) is 4.79 Å². The molecule has 2 aromatic heterocycles. The van der Waals surface area contributed by atoms with Gasteiger partial charge in [-0.1, -0.05) is 24.6 Å². The third-order valence-electron chi connectivity index (χ3n) is 6.39. The molecule has 1 aliphatic rings. The van der Waals surface area contributed by atoms with Gasteiger partial charge in [0, 0.05) is 18.3 Å². The summed E-state index contributed by atoms with van der Waals surface area (Å²) in [5.41, 5.74) is 0.126. The SMILES string of the molecule is CC1CCN(c2ncccc2C(=O)NS(=O)(=O)c2cccc(Nc3cc(F)ccc3Cl)n2)C1(C)C. The van der Waals surface area contributed by atoms with Gasteiger partial charge in [0.25, 0.3) is 15.9 Å². The van der Waals surface area contributed by atoms with Crippen LogP contribution in [-0.2, 0) is 10.0 Å².